The van der Waals surface area contributed by atoms with Crippen LogP contribution in [-0.4, -0.2) is 24.0 Å². The minimum atomic E-state index is -1.04. The van der Waals surface area contributed by atoms with Crippen molar-refractivity contribution in [2.45, 2.75) is 0 Å². The summed E-state index contributed by atoms with van der Waals surface area (Å²) >= 11 is 8.92. The van der Waals surface area contributed by atoms with Crippen LogP contribution in [-0.2, 0) is 9.59 Å². The molecule has 2 amide bonds. The van der Waals surface area contributed by atoms with Crippen molar-refractivity contribution in [1.29, 1.82) is 0 Å². The molecule has 7 nitrogen and oxygen atoms in total. The van der Waals surface area contributed by atoms with Crippen LogP contribution in [0.2, 0.25) is 5.02 Å². The predicted molar refractivity (Wildman–Crippen MR) is 121 cm³/mol. The highest BCUT2D eigenvalue weighted by atomic mass is 79.9. The van der Waals surface area contributed by atoms with Gasteiger partial charge in [-0.1, -0.05) is 35.9 Å². The molecule has 0 fully saturated rings. The van der Waals surface area contributed by atoms with E-state index in [0.29, 0.717) is 15.6 Å². The number of carbonyl (C=O) groups is 3. The quantitative estimate of drug-likeness (QED) is 0.170. The van der Waals surface area contributed by atoms with Crippen LogP contribution in [0.5, 0.6) is 5.75 Å². The van der Waals surface area contributed by atoms with Crippen molar-refractivity contribution in [2.75, 3.05) is 5.32 Å². The van der Waals surface area contributed by atoms with E-state index in [1.54, 1.807) is 42.5 Å². The summed E-state index contributed by atoms with van der Waals surface area (Å²) in [6, 6.07) is 16.8. The minimum absolute atomic E-state index is 0.153. The van der Waals surface area contributed by atoms with Gasteiger partial charge in [0.25, 0.3) is 0 Å². The number of nitrogens with one attached hydrogen (secondary N) is 2. The van der Waals surface area contributed by atoms with Gasteiger partial charge >= 0.3 is 17.8 Å². The minimum Gasteiger partial charge on any atom is -0.423 e. The standard InChI is InChI=1S/C22H14BrClFN3O4/c23-17-7-2-1-6-16(17)22(31)32-15-5-3-4-13(10-15)12-26-28-21(30)20(29)27-14-8-9-19(25)18(24)11-14/h1-12H,(H,27,29)(H,28,30)/b26-12+. The summed E-state index contributed by atoms with van der Waals surface area (Å²) in [6.45, 7) is 0. The summed E-state index contributed by atoms with van der Waals surface area (Å²) < 4.78 is 19.1. The summed E-state index contributed by atoms with van der Waals surface area (Å²) in [5.41, 5.74) is 3.10. The Morgan fingerprint density at radius 1 is 1.00 bits per heavy atom. The Morgan fingerprint density at radius 2 is 1.78 bits per heavy atom. The highest BCUT2D eigenvalue weighted by molar-refractivity contribution is 9.10. The van der Waals surface area contributed by atoms with E-state index in [9.17, 15) is 18.8 Å². The van der Waals surface area contributed by atoms with Crippen LogP contribution in [0.3, 0.4) is 0 Å². The SMILES string of the molecule is O=C(N/N=C/c1cccc(OC(=O)c2ccccc2Br)c1)C(=O)Nc1ccc(F)c(Cl)c1. The Kier molecular flexibility index (Phi) is 7.69. The van der Waals surface area contributed by atoms with E-state index < -0.39 is 23.6 Å². The lowest BCUT2D eigenvalue weighted by molar-refractivity contribution is -0.136. The number of hydrazone groups is 1. The predicted octanol–water partition coefficient (Wildman–Crippen LogP) is 4.55. The largest absolute Gasteiger partial charge is 0.423 e. The van der Waals surface area contributed by atoms with Crippen molar-refractivity contribution in [1.82, 2.24) is 5.43 Å². The first kappa shape index (κ1) is 23.1. The molecule has 0 heterocycles. The summed E-state index contributed by atoms with van der Waals surface area (Å²) in [7, 11) is 0. The zero-order valence-electron chi connectivity index (χ0n) is 16.1. The molecule has 3 rings (SSSR count). The monoisotopic (exact) mass is 517 g/mol. The van der Waals surface area contributed by atoms with E-state index in [-0.39, 0.29) is 16.5 Å². The molecule has 0 unspecified atom stereocenters. The van der Waals surface area contributed by atoms with E-state index in [0.717, 1.165) is 6.07 Å². The lowest BCUT2D eigenvalue weighted by atomic mass is 10.2. The van der Waals surface area contributed by atoms with Crippen molar-refractivity contribution < 1.29 is 23.5 Å². The second-order valence-electron chi connectivity index (χ2n) is 6.22. The van der Waals surface area contributed by atoms with Gasteiger partial charge in [-0.15, -0.1) is 0 Å². The second kappa shape index (κ2) is 10.7. The number of carbonyl (C=O) groups excluding carboxylic acids is 3. The zero-order chi connectivity index (χ0) is 23.1. The van der Waals surface area contributed by atoms with Crippen LogP contribution in [0, 0.1) is 5.82 Å². The number of esters is 1. The number of anilines is 1. The third-order valence-electron chi connectivity index (χ3n) is 3.93. The maximum absolute atomic E-state index is 13.2. The number of rotatable bonds is 5. The maximum Gasteiger partial charge on any atom is 0.344 e. The average molecular weight is 519 g/mol. The number of benzene rings is 3. The smallest absolute Gasteiger partial charge is 0.344 e. The molecule has 2 N–H and O–H groups in total. The molecule has 162 valence electrons. The number of ether oxygens (including phenoxy) is 1. The van der Waals surface area contributed by atoms with E-state index in [4.69, 9.17) is 16.3 Å². The molecule has 32 heavy (non-hydrogen) atoms. The summed E-state index contributed by atoms with van der Waals surface area (Å²) in [4.78, 5) is 36.1. The topological polar surface area (TPSA) is 96.9 Å². The molecule has 0 saturated heterocycles. The number of nitrogens with zero attached hydrogens (tertiary/aromatic N) is 1. The fourth-order valence-electron chi connectivity index (χ4n) is 2.43. The number of hydrogen-bond donors (Lipinski definition) is 2. The van der Waals surface area contributed by atoms with Crippen molar-refractivity contribution >= 4 is 57.2 Å². The third-order valence-corrected chi connectivity index (χ3v) is 4.91. The van der Waals surface area contributed by atoms with Crippen LogP contribution in [0.1, 0.15) is 15.9 Å². The fourth-order valence-corrected chi connectivity index (χ4v) is 3.05. The van der Waals surface area contributed by atoms with Gasteiger partial charge in [0.1, 0.15) is 11.6 Å². The lowest BCUT2D eigenvalue weighted by Crippen LogP contribution is -2.32. The molecule has 0 radical (unpaired) electrons. The molecule has 0 saturated carbocycles. The van der Waals surface area contributed by atoms with Crippen LogP contribution < -0.4 is 15.5 Å². The molecule has 0 bridgehead atoms. The summed E-state index contributed by atoms with van der Waals surface area (Å²) in [6.07, 6.45) is 1.27. The molecule has 3 aromatic carbocycles. The van der Waals surface area contributed by atoms with Gasteiger partial charge in [0.15, 0.2) is 0 Å². The average Bonchev–Trinajstić information content (AvgIpc) is 2.76. The van der Waals surface area contributed by atoms with Crippen molar-refractivity contribution in [3.05, 3.63) is 93.2 Å². The van der Waals surface area contributed by atoms with Crippen LogP contribution in [0.4, 0.5) is 10.1 Å². The first-order valence-electron chi connectivity index (χ1n) is 8.99. The van der Waals surface area contributed by atoms with Crippen molar-refractivity contribution in [3.8, 4) is 5.75 Å². The van der Waals surface area contributed by atoms with Gasteiger partial charge in [-0.3, -0.25) is 9.59 Å². The highest BCUT2D eigenvalue weighted by Gasteiger charge is 2.14. The number of amides is 2. The normalized spacial score (nSPS) is 10.6. The van der Waals surface area contributed by atoms with Crippen LogP contribution in [0.15, 0.2) is 76.3 Å². The van der Waals surface area contributed by atoms with Crippen LogP contribution >= 0.6 is 27.5 Å². The zero-order valence-corrected chi connectivity index (χ0v) is 18.5. The van der Waals surface area contributed by atoms with Gasteiger partial charge in [0.05, 0.1) is 16.8 Å². The van der Waals surface area contributed by atoms with Crippen LogP contribution in [0.25, 0.3) is 0 Å². The molecule has 10 heteroatoms. The molecular weight excluding hydrogens is 505 g/mol. The first-order chi connectivity index (χ1) is 15.3. The molecule has 0 aliphatic carbocycles. The Morgan fingerprint density at radius 3 is 2.53 bits per heavy atom. The first-order valence-corrected chi connectivity index (χ1v) is 10.2. The molecule has 3 aromatic rings. The lowest BCUT2D eigenvalue weighted by Gasteiger charge is -2.06. The van der Waals surface area contributed by atoms with Crippen molar-refractivity contribution in [3.63, 3.8) is 0 Å². The summed E-state index contributed by atoms with van der Waals surface area (Å²) in [5.74, 6) is -2.98. The molecule has 0 aliphatic heterocycles. The number of halogens is 3. The van der Waals surface area contributed by atoms with Gasteiger partial charge in [-0.2, -0.15) is 5.10 Å². The molecule has 0 atom stereocenters. The molecule has 0 spiro atoms. The molecular formula is C22H14BrClFN3O4. The van der Waals surface area contributed by atoms with E-state index >= 15 is 0 Å². The fraction of sp³-hybridized carbons (Fsp3) is 0. The van der Waals surface area contributed by atoms with E-state index in [1.165, 1.54) is 24.4 Å². The highest BCUT2D eigenvalue weighted by Crippen LogP contribution is 2.20. The van der Waals surface area contributed by atoms with Gasteiger partial charge in [0.2, 0.25) is 0 Å². The Hall–Kier alpha value is -3.56. The van der Waals surface area contributed by atoms with Gasteiger partial charge in [0, 0.05) is 10.2 Å². The second-order valence-corrected chi connectivity index (χ2v) is 7.49. The van der Waals surface area contributed by atoms with E-state index in [1.807, 2.05) is 0 Å². The van der Waals surface area contributed by atoms with Crippen molar-refractivity contribution in [2.24, 2.45) is 5.10 Å². The Balaban J connectivity index is 1.57. The molecule has 0 aliphatic rings. The Bertz CT molecular complexity index is 1220. The van der Waals surface area contributed by atoms with Gasteiger partial charge in [-0.05, 0) is 64.0 Å². The van der Waals surface area contributed by atoms with E-state index in [2.05, 4.69) is 31.8 Å². The molecule has 0 aromatic heterocycles. The third kappa shape index (κ3) is 6.22. The van der Waals surface area contributed by atoms with Gasteiger partial charge in [-0.25, -0.2) is 14.6 Å². The maximum atomic E-state index is 13.2. The number of hydrogen-bond acceptors (Lipinski definition) is 5. The summed E-state index contributed by atoms with van der Waals surface area (Å²) in [5, 5.41) is 5.79. The Labute approximate surface area is 195 Å². The van der Waals surface area contributed by atoms with Gasteiger partial charge < -0.3 is 10.1 Å².